The Hall–Kier alpha value is -1.91. The summed E-state index contributed by atoms with van der Waals surface area (Å²) in [5, 5.41) is 2.90. The predicted molar refractivity (Wildman–Crippen MR) is 73.6 cm³/mol. The second-order valence-electron chi connectivity index (χ2n) is 4.97. The van der Waals surface area contributed by atoms with Gasteiger partial charge in [-0.15, -0.1) is 0 Å². The molecular formula is C14H20N2O3. The number of nitrogens with one attached hydrogen (secondary N) is 1. The summed E-state index contributed by atoms with van der Waals surface area (Å²) in [5.74, 6) is 2.12. The molecule has 0 spiro atoms. The Bertz CT molecular complexity index is 488. The van der Waals surface area contributed by atoms with Gasteiger partial charge in [-0.05, 0) is 24.3 Å². The minimum Gasteiger partial charge on any atom is -0.497 e. The monoisotopic (exact) mass is 264 g/mol. The second-order valence-corrected chi connectivity index (χ2v) is 4.97. The van der Waals surface area contributed by atoms with Gasteiger partial charge in [0.05, 0.1) is 25.5 Å². The highest BCUT2D eigenvalue weighted by molar-refractivity contribution is 6.01. The maximum atomic E-state index is 12.1. The van der Waals surface area contributed by atoms with E-state index >= 15 is 0 Å². The molecule has 1 fully saturated rings. The van der Waals surface area contributed by atoms with Crippen LogP contribution in [0.15, 0.2) is 12.1 Å². The van der Waals surface area contributed by atoms with Crippen LogP contribution in [0.2, 0.25) is 0 Å². The first kappa shape index (κ1) is 13.5. The molecule has 2 rings (SSSR count). The maximum absolute atomic E-state index is 12.1. The first-order valence-electron chi connectivity index (χ1n) is 6.36. The van der Waals surface area contributed by atoms with E-state index in [1.165, 1.54) is 13.5 Å². The van der Waals surface area contributed by atoms with E-state index in [-0.39, 0.29) is 5.91 Å². The number of hydrogen-bond acceptors (Lipinski definition) is 4. The lowest BCUT2D eigenvalue weighted by Gasteiger charge is -2.12. The van der Waals surface area contributed by atoms with Crippen molar-refractivity contribution in [2.45, 2.75) is 13.3 Å². The normalized spacial score (nSPS) is 20.8. The Balaban J connectivity index is 2.14. The van der Waals surface area contributed by atoms with Gasteiger partial charge in [-0.2, -0.15) is 0 Å². The number of rotatable bonds is 5. The molecule has 0 saturated heterocycles. The van der Waals surface area contributed by atoms with Gasteiger partial charge in [-0.3, -0.25) is 4.79 Å². The summed E-state index contributed by atoms with van der Waals surface area (Å²) < 4.78 is 10.3. The van der Waals surface area contributed by atoms with Crippen molar-refractivity contribution in [3.05, 3.63) is 17.7 Å². The zero-order valence-electron chi connectivity index (χ0n) is 11.5. The number of ether oxygens (including phenoxy) is 2. The molecule has 2 unspecified atom stereocenters. The fourth-order valence-electron chi connectivity index (χ4n) is 2.08. The molecule has 1 aromatic rings. The summed E-state index contributed by atoms with van der Waals surface area (Å²) in [6.45, 7) is 2.87. The number of benzene rings is 1. The second kappa shape index (κ2) is 5.38. The van der Waals surface area contributed by atoms with Crippen LogP contribution in [0.4, 0.5) is 5.69 Å². The third-order valence-electron chi connectivity index (χ3n) is 3.62. The molecule has 0 bridgehead atoms. The third-order valence-corrected chi connectivity index (χ3v) is 3.62. The lowest BCUT2D eigenvalue weighted by molar-refractivity contribution is 0.0951. The molecule has 3 N–H and O–H groups in total. The van der Waals surface area contributed by atoms with Gasteiger partial charge >= 0.3 is 0 Å². The van der Waals surface area contributed by atoms with E-state index in [2.05, 4.69) is 12.2 Å². The smallest absolute Gasteiger partial charge is 0.253 e. The lowest BCUT2D eigenvalue weighted by atomic mass is 10.1. The number of amides is 1. The summed E-state index contributed by atoms with van der Waals surface area (Å²) >= 11 is 0. The van der Waals surface area contributed by atoms with Crippen LogP contribution in [-0.2, 0) is 0 Å². The molecule has 1 amide bonds. The van der Waals surface area contributed by atoms with E-state index in [0.29, 0.717) is 41.1 Å². The van der Waals surface area contributed by atoms with Gasteiger partial charge in [0.25, 0.3) is 5.91 Å². The largest absolute Gasteiger partial charge is 0.497 e. The number of methoxy groups -OCH3 is 2. The first-order chi connectivity index (χ1) is 9.06. The highest BCUT2D eigenvalue weighted by Gasteiger charge is 2.32. The molecular weight excluding hydrogens is 244 g/mol. The van der Waals surface area contributed by atoms with Gasteiger partial charge in [0.2, 0.25) is 0 Å². The van der Waals surface area contributed by atoms with Crippen LogP contribution in [0, 0.1) is 11.8 Å². The number of nitrogens with two attached hydrogens (primary N) is 1. The summed E-state index contributed by atoms with van der Waals surface area (Å²) in [7, 11) is 3.05. The fraction of sp³-hybridized carbons (Fsp3) is 0.500. The zero-order chi connectivity index (χ0) is 14.0. The highest BCUT2D eigenvalue weighted by Crippen LogP contribution is 2.37. The highest BCUT2D eigenvalue weighted by atomic mass is 16.5. The molecule has 5 heteroatoms. The Labute approximate surface area is 113 Å². The average Bonchev–Trinajstić information content (AvgIpc) is 3.12. The molecule has 0 heterocycles. The quantitative estimate of drug-likeness (QED) is 0.793. The zero-order valence-corrected chi connectivity index (χ0v) is 11.5. The Morgan fingerprint density at radius 1 is 1.42 bits per heavy atom. The van der Waals surface area contributed by atoms with Crippen molar-refractivity contribution in [1.82, 2.24) is 5.32 Å². The SMILES string of the molecule is COc1cc(OC)c(N)c(C(=O)NCC2CC2C)c1. The minimum atomic E-state index is -0.186. The molecule has 0 aliphatic heterocycles. The Morgan fingerprint density at radius 2 is 2.11 bits per heavy atom. The van der Waals surface area contributed by atoms with Crippen molar-refractivity contribution in [2.75, 3.05) is 26.5 Å². The minimum absolute atomic E-state index is 0.186. The molecule has 104 valence electrons. The van der Waals surface area contributed by atoms with Crippen molar-refractivity contribution >= 4 is 11.6 Å². The van der Waals surface area contributed by atoms with E-state index < -0.39 is 0 Å². The first-order valence-corrected chi connectivity index (χ1v) is 6.36. The number of carbonyl (C=O) groups excluding carboxylic acids is 1. The van der Waals surface area contributed by atoms with Crippen molar-refractivity contribution in [3.63, 3.8) is 0 Å². The van der Waals surface area contributed by atoms with Gasteiger partial charge < -0.3 is 20.5 Å². The van der Waals surface area contributed by atoms with Crippen LogP contribution in [0.5, 0.6) is 11.5 Å². The van der Waals surface area contributed by atoms with Crippen molar-refractivity contribution in [2.24, 2.45) is 11.8 Å². The van der Waals surface area contributed by atoms with Crippen LogP contribution in [0.1, 0.15) is 23.7 Å². The van der Waals surface area contributed by atoms with Gasteiger partial charge in [0.1, 0.15) is 11.5 Å². The average molecular weight is 264 g/mol. The maximum Gasteiger partial charge on any atom is 0.253 e. The molecule has 1 saturated carbocycles. The molecule has 5 nitrogen and oxygen atoms in total. The van der Waals surface area contributed by atoms with Crippen molar-refractivity contribution in [3.8, 4) is 11.5 Å². The summed E-state index contributed by atoms with van der Waals surface area (Å²) in [4.78, 5) is 12.1. The lowest BCUT2D eigenvalue weighted by Crippen LogP contribution is -2.26. The van der Waals surface area contributed by atoms with E-state index in [1.54, 1.807) is 19.2 Å². The standard InChI is InChI=1S/C14H20N2O3/c1-8-4-9(8)7-16-14(17)11-5-10(18-2)6-12(19-3)13(11)15/h5-6,8-9H,4,7,15H2,1-3H3,(H,16,17). The number of carbonyl (C=O) groups is 1. The van der Waals surface area contributed by atoms with E-state index in [0.717, 1.165) is 0 Å². The topological polar surface area (TPSA) is 73.6 Å². The summed E-state index contributed by atoms with van der Waals surface area (Å²) in [6.07, 6.45) is 1.18. The number of nitrogen functional groups attached to an aromatic ring is 1. The fourth-order valence-corrected chi connectivity index (χ4v) is 2.08. The van der Waals surface area contributed by atoms with Gasteiger partial charge in [-0.25, -0.2) is 0 Å². The van der Waals surface area contributed by atoms with E-state index in [1.807, 2.05) is 0 Å². The van der Waals surface area contributed by atoms with Gasteiger partial charge in [0.15, 0.2) is 0 Å². The number of hydrogen-bond donors (Lipinski definition) is 2. The summed E-state index contributed by atoms with van der Waals surface area (Å²) in [6, 6.07) is 3.29. The van der Waals surface area contributed by atoms with Crippen LogP contribution in [0.25, 0.3) is 0 Å². The van der Waals surface area contributed by atoms with Crippen LogP contribution in [-0.4, -0.2) is 26.7 Å². The Kier molecular flexibility index (Phi) is 3.83. The van der Waals surface area contributed by atoms with Crippen molar-refractivity contribution in [1.29, 1.82) is 0 Å². The molecule has 1 aliphatic rings. The molecule has 19 heavy (non-hydrogen) atoms. The van der Waals surface area contributed by atoms with Gasteiger partial charge in [0, 0.05) is 12.6 Å². The molecule has 0 aromatic heterocycles. The predicted octanol–water partition coefficient (Wildman–Crippen LogP) is 1.67. The number of anilines is 1. The van der Waals surface area contributed by atoms with Crippen LogP contribution >= 0.6 is 0 Å². The summed E-state index contributed by atoms with van der Waals surface area (Å²) in [5.41, 5.74) is 6.66. The third kappa shape index (κ3) is 2.92. The Morgan fingerprint density at radius 3 is 2.63 bits per heavy atom. The van der Waals surface area contributed by atoms with E-state index in [9.17, 15) is 4.79 Å². The van der Waals surface area contributed by atoms with E-state index in [4.69, 9.17) is 15.2 Å². The van der Waals surface area contributed by atoms with Crippen molar-refractivity contribution < 1.29 is 14.3 Å². The van der Waals surface area contributed by atoms with Crippen LogP contribution in [0.3, 0.4) is 0 Å². The molecule has 1 aromatic carbocycles. The van der Waals surface area contributed by atoms with Crippen LogP contribution < -0.4 is 20.5 Å². The molecule has 0 radical (unpaired) electrons. The molecule has 2 atom stereocenters. The molecule has 1 aliphatic carbocycles. The van der Waals surface area contributed by atoms with Gasteiger partial charge in [-0.1, -0.05) is 6.92 Å².